The average molecular weight is 460 g/mol. The van der Waals surface area contributed by atoms with Crippen LogP contribution in [0, 0.1) is 0 Å². The summed E-state index contributed by atoms with van der Waals surface area (Å²) in [7, 11) is 0. The third-order valence-corrected chi connectivity index (χ3v) is 6.16. The Hall–Kier alpha value is -2.83. The van der Waals surface area contributed by atoms with Gasteiger partial charge in [0.15, 0.2) is 6.04 Å². The van der Waals surface area contributed by atoms with Crippen molar-refractivity contribution in [3.63, 3.8) is 0 Å². The predicted molar refractivity (Wildman–Crippen MR) is 118 cm³/mol. The molecule has 32 heavy (non-hydrogen) atoms. The summed E-state index contributed by atoms with van der Waals surface area (Å²) in [4.78, 5) is 13.3. The van der Waals surface area contributed by atoms with Crippen molar-refractivity contribution in [3.8, 4) is 0 Å². The monoisotopic (exact) mass is 459 g/mol. The van der Waals surface area contributed by atoms with Crippen LogP contribution >= 0.6 is 11.6 Å². The molecule has 0 bridgehead atoms. The number of hydrogen-bond donors (Lipinski definition) is 2. The normalized spacial score (nSPS) is 16.8. The van der Waals surface area contributed by atoms with Gasteiger partial charge in [0.25, 0.3) is 5.91 Å². The van der Waals surface area contributed by atoms with E-state index in [0.29, 0.717) is 0 Å². The van der Waals surface area contributed by atoms with Gasteiger partial charge in [-0.1, -0.05) is 66.2 Å². The van der Waals surface area contributed by atoms with Crippen LogP contribution in [0.4, 0.5) is 18.9 Å². The molecule has 0 unspecified atom stereocenters. The number of carbonyl (C=O) groups excluding carboxylic acids is 1. The maximum atomic E-state index is 13.3. The predicted octanol–water partition coefficient (Wildman–Crippen LogP) is 5.68. The molecule has 0 aromatic heterocycles. The molecule has 3 aromatic rings. The standard InChI is InChI=1S/C25H22ClF3N2O/c26-20-14-13-18(25(27,28)29)15-22(20)31-24(32)23(17-8-2-1-3-9-17)30-21-12-6-10-16-7-4-5-11-19(16)21/h1-5,7-9,11,13-15,21,23,30H,6,10,12H2,(H,31,32)/p+1/t21-,23-/m1/s1. The quantitative estimate of drug-likeness (QED) is 0.506. The van der Waals surface area contributed by atoms with Gasteiger partial charge in [0.05, 0.1) is 16.3 Å². The first-order valence-electron chi connectivity index (χ1n) is 10.5. The number of alkyl halides is 3. The summed E-state index contributed by atoms with van der Waals surface area (Å²) in [5.41, 5.74) is 2.33. The molecule has 0 heterocycles. The summed E-state index contributed by atoms with van der Waals surface area (Å²) >= 11 is 6.11. The van der Waals surface area contributed by atoms with Gasteiger partial charge < -0.3 is 10.6 Å². The highest BCUT2D eigenvalue weighted by atomic mass is 35.5. The molecule has 0 saturated carbocycles. The number of benzene rings is 3. The Labute approximate surface area is 189 Å². The molecule has 4 rings (SSSR count). The average Bonchev–Trinajstić information content (AvgIpc) is 2.78. The van der Waals surface area contributed by atoms with Crippen LogP contribution in [0.3, 0.4) is 0 Å². The molecule has 0 saturated heterocycles. The van der Waals surface area contributed by atoms with Gasteiger partial charge in [-0.25, -0.2) is 0 Å². The molecule has 166 valence electrons. The lowest BCUT2D eigenvalue weighted by Gasteiger charge is -2.27. The number of carbonyl (C=O) groups is 1. The largest absolute Gasteiger partial charge is 0.416 e. The molecule has 3 nitrogen and oxygen atoms in total. The number of nitrogens with two attached hydrogens (primary N) is 1. The molecule has 0 radical (unpaired) electrons. The first-order chi connectivity index (χ1) is 15.3. The van der Waals surface area contributed by atoms with E-state index in [9.17, 15) is 18.0 Å². The number of anilines is 1. The number of aryl methyl sites for hydroxylation is 1. The lowest BCUT2D eigenvalue weighted by Crippen LogP contribution is -2.88. The number of amides is 1. The van der Waals surface area contributed by atoms with Crippen LogP contribution in [0.15, 0.2) is 72.8 Å². The van der Waals surface area contributed by atoms with Crippen molar-refractivity contribution in [1.29, 1.82) is 0 Å². The van der Waals surface area contributed by atoms with Crippen LogP contribution in [0.1, 0.15) is 47.2 Å². The van der Waals surface area contributed by atoms with E-state index < -0.39 is 23.7 Å². The number of rotatable bonds is 5. The highest BCUT2D eigenvalue weighted by Crippen LogP contribution is 2.34. The SMILES string of the molecule is O=C(Nc1cc(C(F)(F)F)ccc1Cl)[C@H]([NH2+][C@@H]1CCCc2ccccc21)c1ccccc1. The van der Waals surface area contributed by atoms with Gasteiger partial charge in [-0.3, -0.25) is 4.79 Å². The maximum absolute atomic E-state index is 13.3. The van der Waals surface area contributed by atoms with Crippen molar-refractivity contribution in [2.75, 3.05) is 5.32 Å². The Morgan fingerprint density at radius 1 is 1.03 bits per heavy atom. The van der Waals surface area contributed by atoms with E-state index >= 15 is 0 Å². The zero-order valence-corrected chi connectivity index (χ0v) is 18.0. The minimum Gasteiger partial charge on any atom is -0.326 e. The van der Waals surface area contributed by atoms with Crippen LogP contribution in [0.25, 0.3) is 0 Å². The summed E-state index contributed by atoms with van der Waals surface area (Å²) in [6.07, 6.45) is -1.60. The van der Waals surface area contributed by atoms with Gasteiger partial charge >= 0.3 is 6.18 Å². The van der Waals surface area contributed by atoms with Crippen LogP contribution in [0.5, 0.6) is 0 Å². The van der Waals surface area contributed by atoms with Gasteiger partial charge in [-0.15, -0.1) is 0 Å². The molecule has 0 spiro atoms. The van der Waals surface area contributed by atoms with Crippen molar-refractivity contribution in [2.24, 2.45) is 0 Å². The fourth-order valence-electron chi connectivity index (χ4n) is 4.24. The van der Waals surface area contributed by atoms with Gasteiger partial charge in [-0.2, -0.15) is 13.2 Å². The second-order valence-corrected chi connectivity index (χ2v) is 8.37. The van der Waals surface area contributed by atoms with Crippen LogP contribution < -0.4 is 10.6 Å². The smallest absolute Gasteiger partial charge is 0.326 e. The third kappa shape index (κ3) is 4.97. The third-order valence-electron chi connectivity index (χ3n) is 5.83. The number of fused-ring (bicyclic) bond motifs is 1. The van der Waals surface area contributed by atoms with Crippen molar-refractivity contribution in [3.05, 3.63) is 100 Å². The first-order valence-corrected chi connectivity index (χ1v) is 10.9. The molecular formula is C25H23ClF3N2O+. The molecule has 3 N–H and O–H groups in total. The lowest BCUT2D eigenvalue weighted by molar-refractivity contribution is -0.723. The highest BCUT2D eigenvalue weighted by molar-refractivity contribution is 6.33. The Kier molecular flexibility index (Phi) is 6.53. The Morgan fingerprint density at radius 3 is 2.50 bits per heavy atom. The fourth-order valence-corrected chi connectivity index (χ4v) is 4.41. The number of quaternary nitrogens is 1. The van der Waals surface area contributed by atoms with Crippen molar-refractivity contribution in [2.45, 2.75) is 37.5 Å². The van der Waals surface area contributed by atoms with Gasteiger partial charge in [-0.05, 0) is 36.6 Å². The summed E-state index contributed by atoms with van der Waals surface area (Å²) in [5, 5.41) is 4.69. The fraction of sp³-hybridized carbons (Fsp3) is 0.240. The Morgan fingerprint density at radius 2 is 1.75 bits per heavy atom. The first kappa shape index (κ1) is 22.4. The van der Waals surface area contributed by atoms with Gasteiger partial charge in [0.2, 0.25) is 0 Å². The highest BCUT2D eigenvalue weighted by Gasteiger charge is 2.33. The Bertz CT molecular complexity index is 1100. The summed E-state index contributed by atoms with van der Waals surface area (Å²) < 4.78 is 39.4. The molecule has 0 aliphatic heterocycles. The van der Waals surface area contributed by atoms with E-state index in [1.807, 2.05) is 47.8 Å². The topological polar surface area (TPSA) is 45.7 Å². The molecule has 1 amide bonds. The van der Waals surface area contributed by atoms with E-state index in [2.05, 4.69) is 17.4 Å². The van der Waals surface area contributed by atoms with Gasteiger partial charge in [0, 0.05) is 17.5 Å². The molecule has 1 aliphatic rings. The maximum Gasteiger partial charge on any atom is 0.416 e. The summed E-state index contributed by atoms with van der Waals surface area (Å²) in [5.74, 6) is -0.416. The van der Waals surface area contributed by atoms with E-state index in [-0.39, 0.29) is 16.8 Å². The molecule has 7 heteroatoms. The second-order valence-electron chi connectivity index (χ2n) is 7.96. The van der Waals surface area contributed by atoms with Crippen LogP contribution in [-0.2, 0) is 17.4 Å². The van der Waals surface area contributed by atoms with Crippen LogP contribution in [0.2, 0.25) is 5.02 Å². The number of halogens is 4. The van der Waals surface area contributed by atoms with Crippen molar-refractivity contribution in [1.82, 2.24) is 0 Å². The minimum atomic E-state index is -4.53. The Balaban J connectivity index is 1.63. The minimum absolute atomic E-state index is 0.0510. The van der Waals surface area contributed by atoms with Crippen molar-refractivity contribution >= 4 is 23.2 Å². The van der Waals surface area contributed by atoms with E-state index in [1.54, 1.807) is 0 Å². The van der Waals surface area contributed by atoms with Crippen molar-refractivity contribution < 1.29 is 23.3 Å². The van der Waals surface area contributed by atoms with E-state index in [0.717, 1.165) is 43.0 Å². The zero-order valence-electron chi connectivity index (χ0n) is 17.2. The number of hydrogen-bond acceptors (Lipinski definition) is 1. The number of nitrogens with one attached hydrogen (secondary N) is 1. The van der Waals surface area contributed by atoms with E-state index in [4.69, 9.17) is 11.6 Å². The molecule has 3 aromatic carbocycles. The molecular weight excluding hydrogens is 437 g/mol. The lowest BCUT2D eigenvalue weighted by atomic mass is 9.87. The van der Waals surface area contributed by atoms with Gasteiger partial charge in [0.1, 0.15) is 6.04 Å². The molecule has 0 fully saturated rings. The summed E-state index contributed by atoms with van der Waals surface area (Å²) in [6.45, 7) is 0. The molecule has 2 atom stereocenters. The van der Waals surface area contributed by atoms with Crippen LogP contribution in [-0.4, -0.2) is 5.91 Å². The molecule has 1 aliphatic carbocycles. The zero-order chi connectivity index (χ0) is 22.7. The summed E-state index contributed by atoms with van der Waals surface area (Å²) in [6, 6.07) is 19.8. The van der Waals surface area contributed by atoms with E-state index in [1.165, 1.54) is 11.1 Å². The second kappa shape index (κ2) is 9.35.